The molecule has 2 aromatic rings. The van der Waals surface area contributed by atoms with Crippen molar-refractivity contribution < 1.29 is 14.3 Å². The fraction of sp³-hybridized carbons (Fsp3) is 0.412. The molecule has 23 heavy (non-hydrogen) atoms. The van der Waals surface area contributed by atoms with Crippen LogP contribution in [0.25, 0.3) is 11.3 Å². The number of hydrogen-bond acceptors (Lipinski definition) is 4. The van der Waals surface area contributed by atoms with E-state index in [1.165, 1.54) is 19.8 Å². The third kappa shape index (κ3) is 3.31. The van der Waals surface area contributed by atoms with Crippen LogP contribution in [0, 0.1) is 0 Å². The van der Waals surface area contributed by atoms with Gasteiger partial charge in [0.25, 0.3) is 0 Å². The van der Waals surface area contributed by atoms with E-state index >= 15 is 0 Å². The minimum Gasteiger partial charge on any atom is -0.453 e. The molecule has 1 aliphatic heterocycles. The second-order valence-electron chi connectivity index (χ2n) is 5.61. The molecule has 0 atom stereocenters. The molecule has 0 spiro atoms. The topological polar surface area (TPSA) is 65.4 Å². The zero-order valence-electron chi connectivity index (χ0n) is 13.5. The van der Waals surface area contributed by atoms with Crippen LogP contribution in [0.2, 0.25) is 0 Å². The van der Waals surface area contributed by atoms with E-state index in [1.807, 2.05) is 24.7 Å². The fourth-order valence-corrected chi connectivity index (χ4v) is 2.65. The summed E-state index contributed by atoms with van der Waals surface area (Å²) in [4.78, 5) is 15.7. The van der Waals surface area contributed by atoms with Gasteiger partial charge in [-0.1, -0.05) is 19.8 Å². The van der Waals surface area contributed by atoms with Gasteiger partial charge >= 0.3 is 0 Å². The van der Waals surface area contributed by atoms with Crippen LogP contribution in [0.4, 0.5) is 5.69 Å². The fourth-order valence-electron chi connectivity index (χ4n) is 2.65. The van der Waals surface area contributed by atoms with E-state index in [9.17, 15) is 4.79 Å². The number of aryl methyl sites for hydroxylation is 1. The summed E-state index contributed by atoms with van der Waals surface area (Å²) < 4.78 is 13.2. The highest BCUT2D eigenvalue weighted by molar-refractivity contribution is 5.92. The summed E-state index contributed by atoms with van der Waals surface area (Å²) in [5, 5.41) is 2.75. The van der Waals surface area contributed by atoms with Crippen molar-refractivity contribution in [2.75, 3.05) is 12.1 Å². The predicted octanol–water partition coefficient (Wildman–Crippen LogP) is 3.43. The van der Waals surface area contributed by atoms with E-state index in [4.69, 9.17) is 9.47 Å². The molecule has 6 nitrogen and oxygen atoms in total. The molecule has 1 N–H and O–H groups in total. The SMILES string of the molecule is CCCCCn1cnc(-c2ccc(NC(C)=O)c3c2OCO3)c1. The molecule has 3 rings (SSSR count). The highest BCUT2D eigenvalue weighted by atomic mass is 16.7. The number of aromatic nitrogens is 2. The van der Waals surface area contributed by atoms with Crippen LogP contribution in [-0.2, 0) is 11.3 Å². The van der Waals surface area contributed by atoms with Gasteiger partial charge in [0, 0.05) is 25.2 Å². The van der Waals surface area contributed by atoms with E-state index in [1.54, 1.807) is 0 Å². The second-order valence-corrected chi connectivity index (χ2v) is 5.61. The van der Waals surface area contributed by atoms with E-state index in [0.29, 0.717) is 17.2 Å². The first-order valence-corrected chi connectivity index (χ1v) is 7.91. The summed E-state index contributed by atoms with van der Waals surface area (Å²) in [5.41, 5.74) is 2.34. The number of benzene rings is 1. The Morgan fingerprint density at radius 1 is 1.30 bits per heavy atom. The lowest BCUT2D eigenvalue weighted by molar-refractivity contribution is -0.114. The number of amides is 1. The van der Waals surface area contributed by atoms with Crippen molar-refractivity contribution in [2.45, 2.75) is 39.7 Å². The smallest absolute Gasteiger partial charge is 0.231 e. The Labute approximate surface area is 135 Å². The van der Waals surface area contributed by atoms with E-state index in [2.05, 4.69) is 21.8 Å². The summed E-state index contributed by atoms with van der Waals surface area (Å²) in [6, 6.07) is 3.72. The van der Waals surface area contributed by atoms with Crippen molar-refractivity contribution in [1.29, 1.82) is 0 Å². The first kappa shape index (κ1) is 15.4. The number of ether oxygens (including phenoxy) is 2. The number of rotatable bonds is 6. The minimum atomic E-state index is -0.143. The molecule has 1 aromatic carbocycles. The maximum Gasteiger partial charge on any atom is 0.231 e. The van der Waals surface area contributed by atoms with Crippen molar-refractivity contribution in [1.82, 2.24) is 9.55 Å². The van der Waals surface area contributed by atoms with Gasteiger partial charge in [-0.25, -0.2) is 4.98 Å². The van der Waals surface area contributed by atoms with Gasteiger partial charge in [-0.2, -0.15) is 0 Å². The first-order chi connectivity index (χ1) is 11.2. The van der Waals surface area contributed by atoms with Crippen molar-refractivity contribution in [3.63, 3.8) is 0 Å². The molecule has 1 amide bonds. The molecule has 0 fully saturated rings. The molecule has 0 bridgehead atoms. The van der Waals surface area contributed by atoms with Gasteiger partial charge in [-0.05, 0) is 18.6 Å². The van der Waals surface area contributed by atoms with E-state index in [-0.39, 0.29) is 12.7 Å². The van der Waals surface area contributed by atoms with Crippen LogP contribution in [-0.4, -0.2) is 22.3 Å². The number of fused-ring (bicyclic) bond motifs is 1. The lowest BCUT2D eigenvalue weighted by Gasteiger charge is -2.08. The summed E-state index contributed by atoms with van der Waals surface area (Å²) >= 11 is 0. The van der Waals surface area contributed by atoms with Crippen LogP contribution in [0.1, 0.15) is 33.1 Å². The zero-order chi connectivity index (χ0) is 16.2. The molecule has 122 valence electrons. The Kier molecular flexibility index (Phi) is 4.50. The summed E-state index contributed by atoms with van der Waals surface area (Å²) in [6.45, 7) is 4.77. The van der Waals surface area contributed by atoms with Gasteiger partial charge in [0.2, 0.25) is 12.7 Å². The van der Waals surface area contributed by atoms with Gasteiger partial charge in [0.1, 0.15) is 0 Å². The van der Waals surface area contributed by atoms with Gasteiger partial charge in [0.15, 0.2) is 11.5 Å². The monoisotopic (exact) mass is 315 g/mol. The lowest BCUT2D eigenvalue weighted by Crippen LogP contribution is -2.06. The molecular formula is C17H21N3O3. The van der Waals surface area contributed by atoms with E-state index in [0.717, 1.165) is 24.2 Å². The summed E-state index contributed by atoms with van der Waals surface area (Å²) in [5.74, 6) is 1.06. The maximum absolute atomic E-state index is 11.3. The van der Waals surface area contributed by atoms with Crippen LogP contribution < -0.4 is 14.8 Å². The Morgan fingerprint density at radius 3 is 2.91 bits per heavy atom. The normalized spacial score (nSPS) is 12.4. The summed E-state index contributed by atoms with van der Waals surface area (Å²) in [7, 11) is 0. The summed E-state index contributed by atoms with van der Waals surface area (Å²) in [6.07, 6.45) is 7.42. The standard InChI is InChI=1S/C17H21N3O3/c1-3-4-5-8-20-9-15(18-10-20)13-6-7-14(19-12(2)21)17-16(13)22-11-23-17/h6-7,9-10H,3-5,8,11H2,1-2H3,(H,19,21). The number of imidazole rings is 1. The number of anilines is 1. The van der Waals surface area contributed by atoms with Crippen molar-refractivity contribution in [2.24, 2.45) is 0 Å². The quantitative estimate of drug-likeness (QED) is 0.829. The Bertz CT molecular complexity index is 709. The van der Waals surface area contributed by atoms with Crippen molar-refractivity contribution >= 4 is 11.6 Å². The molecule has 0 unspecified atom stereocenters. The number of nitrogens with zero attached hydrogens (tertiary/aromatic N) is 2. The van der Waals surface area contributed by atoms with Crippen LogP contribution in [0.15, 0.2) is 24.7 Å². The van der Waals surface area contributed by atoms with Gasteiger partial charge in [-0.15, -0.1) is 0 Å². The molecule has 0 saturated heterocycles. The Balaban J connectivity index is 1.86. The second kappa shape index (κ2) is 6.73. The highest BCUT2D eigenvalue weighted by Crippen LogP contribution is 2.45. The maximum atomic E-state index is 11.3. The first-order valence-electron chi connectivity index (χ1n) is 7.91. The number of carbonyl (C=O) groups is 1. The minimum absolute atomic E-state index is 0.143. The largest absolute Gasteiger partial charge is 0.453 e. The number of unbranched alkanes of at least 4 members (excludes halogenated alkanes) is 2. The molecule has 0 radical (unpaired) electrons. The average molecular weight is 315 g/mol. The lowest BCUT2D eigenvalue weighted by atomic mass is 10.1. The zero-order valence-corrected chi connectivity index (χ0v) is 13.5. The van der Waals surface area contributed by atoms with Crippen LogP contribution in [0.3, 0.4) is 0 Å². The number of hydrogen-bond donors (Lipinski definition) is 1. The number of nitrogens with one attached hydrogen (secondary N) is 1. The molecule has 1 aliphatic rings. The molecule has 6 heteroatoms. The molecule has 2 heterocycles. The average Bonchev–Trinajstić information content (AvgIpc) is 3.16. The molecule has 1 aromatic heterocycles. The van der Waals surface area contributed by atoms with Crippen molar-refractivity contribution in [3.05, 3.63) is 24.7 Å². The third-order valence-corrected chi connectivity index (χ3v) is 3.76. The molecule has 0 aliphatic carbocycles. The third-order valence-electron chi connectivity index (χ3n) is 3.76. The van der Waals surface area contributed by atoms with Gasteiger partial charge in [-0.3, -0.25) is 4.79 Å². The van der Waals surface area contributed by atoms with E-state index < -0.39 is 0 Å². The Hall–Kier alpha value is -2.50. The van der Waals surface area contributed by atoms with Gasteiger partial charge in [0.05, 0.1) is 17.7 Å². The van der Waals surface area contributed by atoms with Gasteiger partial charge < -0.3 is 19.4 Å². The highest BCUT2D eigenvalue weighted by Gasteiger charge is 2.24. The number of carbonyl (C=O) groups excluding carboxylic acids is 1. The van der Waals surface area contributed by atoms with Crippen molar-refractivity contribution in [3.8, 4) is 22.8 Å². The van der Waals surface area contributed by atoms with Crippen LogP contribution >= 0.6 is 0 Å². The van der Waals surface area contributed by atoms with Crippen LogP contribution in [0.5, 0.6) is 11.5 Å². The molecule has 0 saturated carbocycles. The Morgan fingerprint density at radius 2 is 2.13 bits per heavy atom. The predicted molar refractivity (Wildman–Crippen MR) is 87.6 cm³/mol. The molecular weight excluding hydrogens is 294 g/mol.